The molecule has 0 radical (unpaired) electrons. The zero-order valence-electron chi connectivity index (χ0n) is 16.4. The van der Waals surface area contributed by atoms with Crippen LogP contribution in [0.15, 0.2) is 48.8 Å². The average molecular weight is 380 g/mol. The number of carbonyl (C=O) groups excluding carboxylic acids is 1. The lowest BCUT2D eigenvalue weighted by molar-refractivity contribution is -0.134. The maximum atomic E-state index is 11.1. The highest BCUT2D eigenvalue weighted by atomic mass is 16.5. The van der Waals surface area contributed by atoms with Crippen LogP contribution in [0.1, 0.15) is 30.5 Å². The molecule has 3 rings (SSSR count). The van der Waals surface area contributed by atoms with Crippen LogP contribution in [0.5, 0.6) is 0 Å². The molecule has 1 saturated heterocycles. The van der Waals surface area contributed by atoms with E-state index in [-0.39, 0.29) is 0 Å². The summed E-state index contributed by atoms with van der Waals surface area (Å²) in [6, 6.07) is 11.1. The Labute approximate surface area is 166 Å². The van der Waals surface area contributed by atoms with Crippen LogP contribution in [-0.4, -0.2) is 53.6 Å². The van der Waals surface area contributed by atoms with Crippen LogP contribution in [0.2, 0.25) is 0 Å². The van der Waals surface area contributed by atoms with Crippen molar-refractivity contribution in [3.05, 3.63) is 60.1 Å². The quantitative estimate of drug-likeness (QED) is 0.560. The molecule has 1 fully saturated rings. The third-order valence-electron chi connectivity index (χ3n) is 4.90. The van der Waals surface area contributed by atoms with Gasteiger partial charge in [-0.3, -0.25) is 4.98 Å². The fourth-order valence-electron chi connectivity index (χ4n) is 3.46. The number of methoxy groups -OCH3 is 1. The normalized spacial score (nSPS) is 17.5. The Morgan fingerprint density at radius 1 is 1.29 bits per heavy atom. The van der Waals surface area contributed by atoms with E-state index in [1.54, 1.807) is 18.5 Å². The Bertz CT molecular complexity index is 762. The molecule has 1 aromatic carbocycles. The molecule has 0 amide bonds. The molecule has 6 nitrogen and oxygen atoms in total. The molecule has 1 atom stereocenters. The van der Waals surface area contributed by atoms with Gasteiger partial charge >= 0.3 is 5.97 Å². The van der Waals surface area contributed by atoms with Gasteiger partial charge in [0, 0.05) is 18.7 Å². The van der Waals surface area contributed by atoms with Crippen molar-refractivity contribution < 1.29 is 9.53 Å². The minimum Gasteiger partial charge on any atom is -0.466 e. The number of hydrogen-bond donors (Lipinski definition) is 1. The summed E-state index contributed by atoms with van der Waals surface area (Å²) in [6.07, 6.45) is 10.9. The second-order valence-corrected chi connectivity index (χ2v) is 7.06. The molecule has 0 aliphatic carbocycles. The van der Waals surface area contributed by atoms with Crippen LogP contribution in [0.3, 0.4) is 0 Å². The number of aromatic nitrogens is 2. The van der Waals surface area contributed by atoms with Crippen molar-refractivity contribution in [1.82, 2.24) is 14.9 Å². The van der Waals surface area contributed by atoms with E-state index in [0.29, 0.717) is 11.7 Å². The molecule has 0 saturated carbocycles. The Balaban J connectivity index is 1.44. The van der Waals surface area contributed by atoms with Crippen molar-refractivity contribution in [3.8, 4) is 0 Å². The number of ether oxygens (including phenoxy) is 1. The number of aryl methyl sites for hydroxylation is 1. The lowest BCUT2D eigenvalue weighted by Crippen LogP contribution is -2.42. The van der Waals surface area contributed by atoms with E-state index in [2.05, 4.69) is 55.3 Å². The van der Waals surface area contributed by atoms with Gasteiger partial charge in [0.1, 0.15) is 5.82 Å². The Morgan fingerprint density at radius 2 is 2.14 bits per heavy atom. The highest BCUT2D eigenvalue weighted by Gasteiger charge is 2.19. The van der Waals surface area contributed by atoms with E-state index >= 15 is 0 Å². The minimum atomic E-state index is -0.404. The van der Waals surface area contributed by atoms with Gasteiger partial charge in [0.15, 0.2) is 0 Å². The van der Waals surface area contributed by atoms with Gasteiger partial charge in [0.2, 0.25) is 0 Å². The maximum Gasteiger partial charge on any atom is 0.330 e. The highest BCUT2D eigenvalue weighted by Crippen LogP contribution is 2.15. The summed E-state index contributed by atoms with van der Waals surface area (Å²) in [4.78, 5) is 22.4. The lowest BCUT2D eigenvalue weighted by Gasteiger charge is -2.33. The largest absolute Gasteiger partial charge is 0.466 e. The molecule has 0 unspecified atom stereocenters. The van der Waals surface area contributed by atoms with Crippen LogP contribution in [-0.2, 0) is 16.0 Å². The molecule has 2 heterocycles. The van der Waals surface area contributed by atoms with E-state index in [4.69, 9.17) is 0 Å². The van der Waals surface area contributed by atoms with Crippen molar-refractivity contribution >= 4 is 17.9 Å². The third-order valence-corrected chi connectivity index (χ3v) is 4.90. The van der Waals surface area contributed by atoms with Gasteiger partial charge in [-0.2, -0.15) is 0 Å². The second-order valence-electron chi connectivity index (χ2n) is 7.06. The molecule has 0 bridgehead atoms. The minimum absolute atomic E-state index is 0.385. The van der Waals surface area contributed by atoms with Gasteiger partial charge in [0.05, 0.1) is 25.2 Å². The van der Waals surface area contributed by atoms with Gasteiger partial charge in [0.25, 0.3) is 0 Å². The molecule has 148 valence electrons. The number of nitrogens with zero attached hydrogens (tertiary/aromatic N) is 3. The molecule has 28 heavy (non-hydrogen) atoms. The SMILES string of the molecule is COC(=O)/C=C/c1cnc(N[C@@H]2CCCN(CCCc3ccccc3)C2)cn1. The average Bonchev–Trinajstić information content (AvgIpc) is 2.74. The van der Waals surface area contributed by atoms with Crippen molar-refractivity contribution in [2.24, 2.45) is 0 Å². The van der Waals surface area contributed by atoms with Crippen molar-refractivity contribution in [2.75, 3.05) is 32.1 Å². The molecule has 1 aliphatic heterocycles. The van der Waals surface area contributed by atoms with E-state index in [0.717, 1.165) is 38.3 Å². The fraction of sp³-hybridized carbons (Fsp3) is 0.409. The van der Waals surface area contributed by atoms with Crippen LogP contribution >= 0.6 is 0 Å². The first-order chi connectivity index (χ1) is 13.7. The predicted octanol–water partition coefficient (Wildman–Crippen LogP) is 3.17. The number of piperidine rings is 1. The van der Waals surface area contributed by atoms with Gasteiger partial charge in [-0.15, -0.1) is 0 Å². The van der Waals surface area contributed by atoms with Gasteiger partial charge < -0.3 is 15.0 Å². The molecule has 6 heteroatoms. The summed E-state index contributed by atoms with van der Waals surface area (Å²) < 4.78 is 4.57. The van der Waals surface area contributed by atoms with Crippen LogP contribution in [0.4, 0.5) is 5.82 Å². The number of anilines is 1. The van der Waals surface area contributed by atoms with Gasteiger partial charge in [-0.25, -0.2) is 9.78 Å². The van der Waals surface area contributed by atoms with E-state index in [9.17, 15) is 4.79 Å². The topological polar surface area (TPSA) is 67.3 Å². The summed E-state index contributed by atoms with van der Waals surface area (Å²) >= 11 is 0. The number of hydrogen-bond acceptors (Lipinski definition) is 6. The number of likely N-dealkylation sites (tertiary alicyclic amines) is 1. The third kappa shape index (κ3) is 6.46. The number of esters is 1. The van der Waals surface area contributed by atoms with Crippen molar-refractivity contribution in [3.63, 3.8) is 0 Å². The number of carbonyl (C=O) groups is 1. The summed E-state index contributed by atoms with van der Waals surface area (Å²) in [5, 5.41) is 3.49. The monoisotopic (exact) mass is 380 g/mol. The van der Waals surface area contributed by atoms with E-state index < -0.39 is 5.97 Å². The molecule has 1 aliphatic rings. The summed E-state index contributed by atoms with van der Waals surface area (Å²) in [6.45, 7) is 3.31. The van der Waals surface area contributed by atoms with Crippen LogP contribution in [0, 0.1) is 0 Å². The Morgan fingerprint density at radius 3 is 2.89 bits per heavy atom. The van der Waals surface area contributed by atoms with E-state index in [1.807, 2.05) is 0 Å². The maximum absolute atomic E-state index is 11.1. The van der Waals surface area contributed by atoms with E-state index in [1.165, 1.54) is 31.6 Å². The number of nitrogens with one attached hydrogen (secondary N) is 1. The summed E-state index contributed by atoms with van der Waals surface area (Å²) in [5.41, 5.74) is 2.04. The predicted molar refractivity (Wildman–Crippen MR) is 111 cm³/mol. The van der Waals surface area contributed by atoms with Crippen molar-refractivity contribution in [2.45, 2.75) is 31.7 Å². The highest BCUT2D eigenvalue weighted by molar-refractivity contribution is 5.86. The van der Waals surface area contributed by atoms with Crippen LogP contribution in [0.25, 0.3) is 6.08 Å². The fourth-order valence-corrected chi connectivity index (χ4v) is 3.46. The standard InChI is InChI=1S/C22H28N4O2/c1-28-22(27)12-11-19-15-24-21(16-23-19)25-20-10-6-14-26(17-20)13-5-9-18-7-3-2-4-8-18/h2-4,7-8,11-12,15-16,20H,5-6,9-10,13-14,17H2,1H3,(H,24,25)/b12-11+/t20-/m1/s1. The Kier molecular flexibility index (Phi) is 7.55. The van der Waals surface area contributed by atoms with Gasteiger partial charge in [-0.05, 0) is 50.4 Å². The first-order valence-corrected chi connectivity index (χ1v) is 9.84. The molecule has 2 aromatic rings. The molecule has 0 spiro atoms. The Hall–Kier alpha value is -2.73. The zero-order chi connectivity index (χ0) is 19.6. The molecular formula is C22H28N4O2. The lowest BCUT2D eigenvalue weighted by atomic mass is 10.0. The first kappa shape index (κ1) is 20.0. The molecule has 1 N–H and O–H groups in total. The second kappa shape index (κ2) is 10.6. The molecular weight excluding hydrogens is 352 g/mol. The van der Waals surface area contributed by atoms with Crippen LogP contribution < -0.4 is 5.32 Å². The summed E-state index contributed by atoms with van der Waals surface area (Å²) in [5.74, 6) is 0.366. The smallest absolute Gasteiger partial charge is 0.330 e. The first-order valence-electron chi connectivity index (χ1n) is 9.84. The van der Waals surface area contributed by atoms with Gasteiger partial charge in [-0.1, -0.05) is 30.3 Å². The van der Waals surface area contributed by atoms with Crippen molar-refractivity contribution in [1.29, 1.82) is 0 Å². The molecule has 1 aromatic heterocycles. The zero-order valence-corrected chi connectivity index (χ0v) is 16.4. The number of benzene rings is 1. The summed E-state index contributed by atoms with van der Waals surface area (Å²) in [7, 11) is 1.35. The number of rotatable bonds is 8.